The predicted octanol–water partition coefficient (Wildman–Crippen LogP) is 2.58. The number of benzene rings is 1. The van der Waals surface area contributed by atoms with Crippen molar-refractivity contribution in [3.63, 3.8) is 0 Å². The molecule has 0 aromatic heterocycles. The molecule has 25 heavy (non-hydrogen) atoms. The monoisotopic (exact) mass is 361 g/mol. The van der Waals surface area contributed by atoms with E-state index in [1.807, 2.05) is 25.1 Å². The first-order valence-corrected chi connectivity index (χ1v) is 10.1. The summed E-state index contributed by atoms with van der Waals surface area (Å²) < 4.78 is 0. The van der Waals surface area contributed by atoms with E-state index in [4.69, 9.17) is 0 Å². The Hall–Kier alpha value is -1.53. The SMILES string of the molecule is Cc1ccc(NC(=O)C2(CNC(=O)C3CSCN3)CCCC2)cc1C. The zero-order valence-electron chi connectivity index (χ0n) is 15.0. The molecule has 1 aliphatic carbocycles. The number of hydrogen-bond acceptors (Lipinski definition) is 4. The minimum atomic E-state index is -0.486. The third-order valence-corrected chi connectivity index (χ3v) is 6.38. The van der Waals surface area contributed by atoms with Gasteiger partial charge in [0.2, 0.25) is 11.8 Å². The van der Waals surface area contributed by atoms with Crippen LogP contribution in [0.4, 0.5) is 5.69 Å². The molecule has 1 aliphatic heterocycles. The van der Waals surface area contributed by atoms with Crippen LogP contribution >= 0.6 is 11.8 Å². The maximum Gasteiger partial charge on any atom is 0.238 e. The Kier molecular flexibility index (Phi) is 5.69. The molecule has 1 saturated heterocycles. The Bertz CT molecular complexity index is 650. The summed E-state index contributed by atoms with van der Waals surface area (Å²) in [5.74, 6) is 1.65. The predicted molar refractivity (Wildman–Crippen MR) is 103 cm³/mol. The van der Waals surface area contributed by atoms with Crippen molar-refractivity contribution in [1.82, 2.24) is 10.6 Å². The fourth-order valence-corrected chi connectivity index (χ4v) is 4.50. The fourth-order valence-electron chi connectivity index (χ4n) is 3.56. The van der Waals surface area contributed by atoms with E-state index < -0.39 is 5.41 Å². The van der Waals surface area contributed by atoms with E-state index in [0.717, 1.165) is 48.6 Å². The number of aryl methyl sites for hydroxylation is 2. The van der Waals surface area contributed by atoms with Crippen LogP contribution in [0.15, 0.2) is 18.2 Å². The zero-order valence-corrected chi connectivity index (χ0v) is 15.8. The van der Waals surface area contributed by atoms with Gasteiger partial charge in [0.1, 0.15) is 0 Å². The molecule has 1 atom stereocenters. The highest BCUT2D eigenvalue weighted by atomic mass is 32.2. The summed E-state index contributed by atoms with van der Waals surface area (Å²) in [7, 11) is 0. The third kappa shape index (κ3) is 4.18. The molecule has 0 bridgehead atoms. The molecule has 1 aromatic carbocycles. The summed E-state index contributed by atoms with van der Waals surface area (Å²) in [6, 6.07) is 5.85. The van der Waals surface area contributed by atoms with Crippen LogP contribution < -0.4 is 16.0 Å². The van der Waals surface area contributed by atoms with Gasteiger partial charge in [-0.3, -0.25) is 14.9 Å². The Labute approximate surface area is 153 Å². The first kappa shape index (κ1) is 18.3. The highest BCUT2D eigenvalue weighted by molar-refractivity contribution is 7.99. The van der Waals surface area contributed by atoms with E-state index >= 15 is 0 Å². The van der Waals surface area contributed by atoms with Crippen molar-refractivity contribution in [2.24, 2.45) is 5.41 Å². The van der Waals surface area contributed by atoms with E-state index in [1.165, 1.54) is 5.56 Å². The standard InChI is InChI=1S/C19H27N3O2S/c1-13-5-6-15(9-14(13)2)22-18(24)19(7-3-4-8-19)11-20-17(23)16-10-25-12-21-16/h5-6,9,16,21H,3-4,7-8,10-12H2,1-2H3,(H,20,23)(H,22,24). The van der Waals surface area contributed by atoms with Crippen molar-refractivity contribution in [3.05, 3.63) is 29.3 Å². The Morgan fingerprint density at radius 2 is 2.00 bits per heavy atom. The highest BCUT2D eigenvalue weighted by Gasteiger charge is 2.41. The molecule has 3 rings (SSSR count). The molecule has 0 radical (unpaired) electrons. The number of amides is 2. The van der Waals surface area contributed by atoms with E-state index in [2.05, 4.69) is 22.9 Å². The van der Waals surface area contributed by atoms with Crippen molar-refractivity contribution < 1.29 is 9.59 Å². The average Bonchev–Trinajstić information content (AvgIpc) is 3.28. The number of carbonyl (C=O) groups excluding carboxylic acids is 2. The molecule has 5 nitrogen and oxygen atoms in total. The molecule has 1 saturated carbocycles. The van der Waals surface area contributed by atoms with Crippen LogP contribution in [0, 0.1) is 19.3 Å². The van der Waals surface area contributed by atoms with Gasteiger partial charge >= 0.3 is 0 Å². The quantitative estimate of drug-likeness (QED) is 0.754. The van der Waals surface area contributed by atoms with Crippen LogP contribution in [0.5, 0.6) is 0 Å². The van der Waals surface area contributed by atoms with Crippen LogP contribution in [-0.2, 0) is 9.59 Å². The molecule has 3 N–H and O–H groups in total. The number of anilines is 1. The molecule has 1 unspecified atom stereocenters. The number of rotatable bonds is 5. The maximum absolute atomic E-state index is 13.0. The molecule has 1 heterocycles. The minimum Gasteiger partial charge on any atom is -0.354 e. The van der Waals surface area contributed by atoms with Gasteiger partial charge in [0.05, 0.1) is 11.5 Å². The second-order valence-electron chi connectivity index (χ2n) is 7.23. The molecule has 136 valence electrons. The Morgan fingerprint density at radius 3 is 2.64 bits per heavy atom. The Morgan fingerprint density at radius 1 is 1.24 bits per heavy atom. The van der Waals surface area contributed by atoms with Crippen molar-refractivity contribution in [1.29, 1.82) is 0 Å². The van der Waals surface area contributed by atoms with E-state index in [9.17, 15) is 9.59 Å². The maximum atomic E-state index is 13.0. The van der Waals surface area contributed by atoms with Gasteiger partial charge in [0, 0.05) is 23.9 Å². The topological polar surface area (TPSA) is 70.2 Å². The molecule has 2 fully saturated rings. The molecule has 2 amide bonds. The molecular formula is C19H27N3O2S. The van der Waals surface area contributed by atoms with Gasteiger partial charge in [-0.05, 0) is 49.9 Å². The van der Waals surface area contributed by atoms with Gasteiger partial charge in [-0.1, -0.05) is 18.9 Å². The first-order chi connectivity index (χ1) is 12.0. The third-order valence-electron chi connectivity index (χ3n) is 5.44. The molecule has 2 aliphatic rings. The number of hydrogen-bond donors (Lipinski definition) is 3. The van der Waals surface area contributed by atoms with Gasteiger partial charge in [-0.25, -0.2) is 0 Å². The van der Waals surface area contributed by atoms with Gasteiger partial charge in [0.15, 0.2) is 0 Å². The lowest BCUT2D eigenvalue weighted by molar-refractivity contribution is -0.127. The van der Waals surface area contributed by atoms with E-state index in [0.29, 0.717) is 6.54 Å². The second-order valence-corrected chi connectivity index (χ2v) is 8.26. The summed E-state index contributed by atoms with van der Waals surface area (Å²) in [6.45, 7) is 4.53. The van der Waals surface area contributed by atoms with Crippen LogP contribution in [0.2, 0.25) is 0 Å². The number of carbonyl (C=O) groups is 2. The molecule has 0 spiro atoms. The van der Waals surface area contributed by atoms with Gasteiger partial charge in [0.25, 0.3) is 0 Å². The van der Waals surface area contributed by atoms with Crippen LogP contribution in [0.25, 0.3) is 0 Å². The van der Waals surface area contributed by atoms with Crippen molar-refractivity contribution in [3.8, 4) is 0 Å². The van der Waals surface area contributed by atoms with Gasteiger partial charge in [-0.2, -0.15) is 0 Å². The summed E-state index contributed by atoms with van der Waals surface area (Å²) in [5, 5.41) is 9.27. The lowest BCUT2D eigenvalue weighted by Gasteiger charge is -2.28. The highest BCUT2D eigenvalue weighted by Crippen LogP contribution is 2.38. The first-order valence-electron chi connectivity index (χ1n) is 8.98. The lowest BCUT2D eigenvalue weighted by atomic mass is 9.84. The zero-order chi connectivity index (χ0) is 17.9. The number of nitrogens with one attached hydrogen (secondary N) is 3. The van der Waals surface area contributed by atoms with Crippen molar-refractivity contribution in [2.75, 3.05) is 23.5 Å². The van der Waals surface area contributed by atoms with Crippen LogP contribution in [0.1, 0.15) is 36.8 Å². The van der Waals surface area contributed by atoms with Crippen molar-refractivity contribution in [2.45, 2.75) is 45.6 Å². The fraction of sp³-hybridized carbons (Fsp3) is 0.579. The van der Waals surface area contributed by atoms with Crippen LogP contribution in [-0.4, -0.2) is 36.0 Å². The number of thioether (sulfide) groups is 1. The van der Waals surface area contributed by atoms with Crippen LogP contribution in [0.3, 0.4) is 0 Å². The molecular weight excluding hydrogens is 334 g/mol. The molecule has 6 heteroatoms. The van der Waals surface area contributed by atoms with Crippen molar-refractivity contribution >= 4 is 29.3 Å². The lowest BCUT2D eigenvalue weighted by Crippen LogP contribution is -2.49. The van der Waals surface area contributed by atoms with E-state index in [1.54, 1.807) is 11.8 Å². The smallest absolute Gasteiger partial charge is 0.238 e. The summed E-state index contributed by atoms with van der Waals surface area (Å²) in [5.41, 5.74) is 2.72. The van der Waals surface area contributed by atoms with Gasteiger partial charge < -0.3 is 10.6 Å². The Balaban J connectivity index is 1.65. The second kappa shape index (κ2) is 7.79. The largest absolute Gasteiger partial charge is 0.354 e. The summed E-state index contributed by atoms with van der Waals surface area (Å²) in [4.78, 5) is 25.3. The molecule has 1 aromatic rings. The average molecular weight is 362 g/mol. The summed E-state index contributed by atoms with van der Waals surface area (Å²) in [6.07, 6.45) is 3.73. The van der Waals surface area contributed by atoms with E-state index in [-0.39, 0.29) is 17.9 Å². The normalized spacial score (nSPS) is 21.9. The summed E-state index contributed by atoms with van der Waals surface area (Å²) >= 11 is 1.73. The van der Waals surface area contributed by atoms with Gasteiger partial charge in [-0.15, -0.1) is 11.8 Å². The minimum absolute atomic E-state index is 0.00950.